The van der Waals surface area contributed by atoms with Gasteiger partial charge in [0.25, 0.3) is 0 Å². The lowest BCUT2D eigenvalue weighted by molar-refractivity contribution is -0.295. The minimum atomic E-state index is -3.96. The van der Waals surface area contributed by atoms with E-state index in [0.717, 1.165) is 0 Å². The van der Waals surface area contributed by atoms with Crippen molar-refractivity contribution in [3.8, 4) is 0 Å². The number of hydrogen-bond donors (Lipinski definition) is 13. The fourth-order valence-electron chi connectivity index (χ4n) is 6.22. The maximum Gasteiger partial charge on any atom is 0.213 e. The molecule has 4 aliphatic rings. The van der Waals surface area contributed by atoms with E-state index in [2.05, 4.69) is 4.72 Å². The highest BCUT2D eigenvalue weighted by Gasteiger charge is 2.54. The van der Waals surface area contributed by atoms with E-state index < -0.39 is 133 Å². The summed E-state index contributed by atoms with van der Waals surface area (Å²) in [6.07, 6.45) is -18.8. The van der Waals surface area contributed by atoms with Crippen LogP contribution in [0.15, 0.2) is 0 Å². The van der Waals surface area contributed by atoms with Gasteiger partial charge in [-0.15, -0.1) is 0 Å². The Morgan fingerprint density at radius 3 is 1.94 bits per heavy atom. The fourth-order valence-corrected chi connectivity index (χ4v) is 7.34. The van der Waals surface area contributed by atoms with E-state index in [4.69, 9.17) is 62.8 Å². The monoisotopic (exact) mass is 705 g/mol. The third-order valence-corrected chi connectivity index (χ3v) is 10.4. The molecule has 0 amide bonds. The number of nitrogens with two attached hydrogens (primary N) is 6. The molecule has 0 aromatic rings. The third kappa shape index (κ3) is 8.74. The van der Waals surface area contributed by atoms with Crippen LogP contribution in [0.1, 0.15) is 12.8 Å². The zero-order valence-corrected chi connectivity index (χ0v) is 26.5. The lowest BCUT2D eigenvalue weighted by Crippen LogP contribution is -2.67. The van der Waals surface area contributed by atoms with E-state index in [1.165, 1.54) is 0 Å². The minimum Gasteiger partial charge on any atom is -0.394 e. The van der Waals surface area contributed by atoms with E-state index in [1.807, 2.05) is 0 Å². The average Bonchev–Trinajstić information content (AvgIpc) is 3.32. The van der Waals surface area contributed by atoms with Crippen molar-refractivity contribution in [3.63, 3.8) is 0 Å². The Kier molecular flexibility index (Phi) is 13.7. The molecule has 3 heterocycles. The lowest BCUT2D eigenvalue weighted by Gasteiger charge is -2.47. The zero-order valence-electron chi connectivity index (χ0n) is 25.7. The zero-order chi connectivity index (χ0) is 34.8. The summed E-state index contributed by atoms with van der Waals surface area (Å²) < 4.78 is 62.6. The highest BCUT2D eigenvalue weighted by molar-refractivity contribution is 7.89. The summed E-state index contributed by atoms with van der Waals surface area (Å²) in [6.45, 7) is -1.05. The summed E-state index contributed by atoms with van der Waals surface area (Å²) in [5, 5.41) is 63.8. The molecule has 47 heavy (non-hydrogen) atoms. The smallest absolute Gasteiger partial charge is 0.213 e. The van der Waals surface area contributed by atoms with Crippen molar-refractivity contribution in [3.05, 3.63) is 0 Å². The van der Waals surface area contributed by atoms with Crippen molar-refractivity contribution in [2.45, 2.75) is 123 Å². The first-order valence-corrected chi connectivity index (χ1v) is 17.1. The van der Waals surface area contributed by atoms with Crippen LogP contribution in [0.2, 0.25) is 0 Å². The Balaban J connectivity index is 1.57. The number of rotatable bonds is 13. The van der Waals surface area contributed by atoms with Crippen LogP contribution < -0.4 is 39.1 Å². The van der Waals surface area contributed by atoms with Crippen LogP contribution in [-0.2, 0) is 38.4 Å². The Morgan fingerprint density at radius 2 is 1.32 bits per heavy atom. The first-order valence-electron chi connectivity index (χ1n) is 15.5. The Morgan fingerprint density at radius 1 is 0.702 bits per heavy atom. The molecule has 21 nitrogen and oxygen atoms in total. The maximum absolute atomic E-state index is 12.6. The van der Waals surface area contributed by atoms with E-state index in [0.29, 0.717) is 0 Å². The van der Waals surface area contributed by atoms with Crippen LogP contribution in [0.5, 0.6) is 0 Å². The second-order valence-electron chi connectivity index (χ2n) is 12.3. The normalized spacial score (nSPS) is 48.1. The number of aliphatic hydroxyl groups excluding tert-OH is 6. The number of nitrogens with one attached hydrogen (secondary N) is 1. The summed E-state index contributed by atoms with van der Waals surface area (Å²) in [6, 6.07) is -4.58. The maximum atomic E-state index is 12.6. The molecule has 0 bridgehead atoms. The molecule has 0 spiro atoms. The molecule has 19 N–H and O–H groups in total. The largest absolute Gasteiger partial charge is 0.394 e. The van der Waals surface area contributed by atoms with Gasteiger partial charge in [0.15, 0.2) is 18.9 Å². The molecule has 276 valence electrons. The summed E-state index contributed by atoms with van der Waals surface area (Å²) in [5.74, 6) is -0.441. The number of sulfonamides is 1. The Bertz CT molecular complexity index is 1100. The van der Waals surface area contributed by atoms with E-state index in [9.17, 15) is 39.1 Å². The second-order valence-corrected chi connectivity index (χ2v) is 14.2. The van der Waals surface area contributed by atoms with Gasteiger partial charge < -0.3 is 93.5 Å². The van der Waals surface area contributed by atoms with Gasteiger partial charge in [-0.2, -0.15) is 0 Å². The van der Waals surface area contributed by atoms with Gasteiger partial charge in [0.05, 0.1) is 48.8 Å². The standard InChI is InChI=1S/C25H51N7O14S/c26-1-2-47(39,40)32-10-4-9(29)20(44-23-14(30)11(34)3-8(5-27)41-23)22(16(10)35)46-25-19(38)21(13(7-33)43-25)45-24-15(31)18(37)17(36)12(6-28)42-24/h8-25,32-38H,1-7,26-31H2/t8-,9-,10+,11+,12-,13+,14+,15+,16-,17+,18+,19+,20+,21+,22+,23+,24+,25-/m0/s1. The van der Waals surface area contributed by atoms with Crippen LogP contribution in [0.4, 0.5) is 0 Å². The predicted octanol–water partition coefficient (Wildman–Crippen LogP) is -8.95. The van der Waals surface area contributed by atoms with Gasteiger partial charge >= 0.3 is 0 Å². The lowest BCUT2D eigenvalue weighted by atomic mass is 9.84. The summed E-state index contributed by atoms with van der Waals surface area (Å²) in [7, 11) is -3.96. The average molecular weight is 706 g/mol. The molecule has 22 heteroatoms. The third-order valence-electron chi connectivity index (χ3n) is 8.92. The predicted molar refractivity (Wildman–Crippen MR) is 159 cm³/mol. The van der Waals surface area contributed by atoms with Crippen LogP contribution in [0.3, 0.4) is 0 Å². The Labute approximate surface area is 271 Å². The van der Waals surface area contributed by atoms with Crippen LogP contribution in [-0.4, -0.2) is 181 Å². The SMILES string of the molecule is NCCS(=O)(=O)N[C@@H]1C[C@H](N)[C@@H](O[C@H]2O[C@H](CN)C[C@@H](O)[C@H]2N)[C@H](O[C@@H]2O[C@H](CO)[C@@H](O[C@H]3O[C@@H](CN)[C@@H](O)[C@H](O)[C@H]3N)[C@H]2O)[C@H]1O. The molecule has 0 radical (unpaired) electrons. The molecule has 1 saturated carbocycles. The highest BCUT2D eigenvalue weighted by Crippen LogP contribution is 2.34. The summed E-state index contributed by atoms with van der Waals surface area (Å²) >= 11 is 0. The quantitative estimate of drug-likeness (QED) is 0.0845. The van der Waals surface area contributed by atoms with Crippen molar-refractivity contribution >= 4 is 10.0 Å². The summed E-state index contributed by atoms with van der Waals surface area (Å²) in [5.41, 5.74) is 35.4. The van der Waals surface area contributed by atoms with E-state index >= 15 is 0 Å². The van der Waals surface area contributed by atoms with Gasteiger partial charge in [-0.05, 0) is 6.42 Å². The number of aliphatic hydroxyl groups is 6. The summed E-state index contributed by atoms with van der Waals surface area (Å²) in [4.78, 5) is 0. The molecule has 18 atom stereocenters. The molecule has 0 aromatic heterocycles. The molecular weight excluding hydrogens is 654 g/mol. The molecular formula is C25H51N7O14S. The van der Waals surface area contributed by atoms with Gasteiger partial charge in [0.2, 0.25) is 10.0 Å². The molecule has 4 fully saturated rings. The molecule has 3 aliphatic heterocycles. The number of hydrogen-bond acceptors (Lipinski definition) is 20. The molecule has 0 unspecified atom stereocenters. The van der Waals surface area contributed by atoms with Gasteiger partial charge in [0.1, 0.15) is 48.8 Å². The van der Waals surface area contributed by atoms with Crippen molar-refractivity contribution in [1.29, 1.82) is 0 Å². The van der Waals surface area contributed by atoms with Crippen molar-refractivity contribution < 1.29 is 67.5 Å². The van der Waals surface area contributed by atoms with Crippen molar-refractivity contribution in [1.82, 2.24) is 4.72 Å². The first-order chi connectivity index (χ1) is 22.2. The van der Waals surface area contributed by atoms with Crippen LogP contribution in [0.25, 0.3) is 0 Å². The van der Waals surface area contributed by atoms with E-state index in [1.54, 1.807) is 0 Å². The van der Waals surface area contributed by atoms with Gasteiger partial charge in [0, 0.05) is 32.1 Å². The fraction of sp³-hybridized carbons (Fsp3) is 1.00. The Hall–Kier alpha value is -0.810. The topological polar surface area (TPSA) is 379 Å². The molecule has 0 aromatic carbocycles. The first kappa shape index (κ1) is 39.0. The second kappa shape index (κ2) is 16.5. The van der Waals surface area contributed by atoms with Gasteiger partial charge in [-0.25, -0.2) is 13.1 Å². The number of ether oxygens (including phenoxy) is 6. The van der Waals surface area contributed by atoms with Gasteiger partial charge in [-0.1, -0.05) is 0 Å². The van der Waals surface area contributed by atoms with E-state index in [-0.39, 0.29) is 32.5 Å². The van der Waals surface area contributed by atoms with Gasteiger partial charge in [-0.3, -0.25) is 0 Å². The van der Waals surface area contributed by atoms with Crippen LogP contribution in [0, 0.1) is 0 Å². The highest BCUT2D eigenvalue weighted by atomic mass is 32.2. The molecule has 1 aliphatic carbocycles. The minimum absolute atomic E-state index is 0.0380. The molecule has 3 saturated heterocycles. The van der Waals surface area contributed by atoms with Crippen LogP contribution >= 0.6 is 0 Å². The molecule has 4 rings (SSSR count). The van der Waals surface area contributed by atoms with Crippen molar-refractivity contribution in [2.24, 2.45) is 34.4 Å². The van der Waals surface area contributed by atoms with Crippen molar-refractivity contribution in [2.75, 3.05) is 32.0 Å².